The first-order chi connectivity index (χ1) is 23.8. The summed E-state index contributed by atoms with van der Waals surface area (Å²) in [6.45, 7) is 2.50. The molecule has 11 heteroatoms. The van der Waals surface area contributed by atoms with Crippen LogP contribution in [0.5, 0.6) is 0 Å². The molecule has 1 spiro atoms. The van der Waals surface area contributed by atoms with Crippen molar-refractivity contribution in [1.82, 2.24) is 15.1 Å². The fourth-order valence-corrected chi connectivity index (χ4v) is 8.43. The number of hydrogen-bond donors (Lipinski definition) is 2. The summed E-state index contributed by atoms with van der Waals surface area (Å²) in [5, 5.41) is 13.7. The quantitative estimate of drug-likeness (QED) is 0.225. The predicted molar refractivity (Wildman–Crippen MR) is 186 cm³/mol. The fourth-order valence-electron chi connectivity index (χ4n) is 7.70. The van der Waals surface area contributed by atoms with Crippen molar-refractivity contribution in [3.05, 3.63) is 94.5 Å². The Morgan fingerprint density at radius 2 is 1.73 bits per heavy atom. The first-order valence-corrected chi connectivity index (χ1v) is 18.1. The first kappa shape index (κ1) is 35.0. The number of aliphatic hydroxyl groups is 1. The highest BCUT2D eigenvalue weighted by atomic mass is 79.9. The highest BCUT2D eigenvalue weighted by Crippen LogP contribution is 2.59. The van der Waals surface area contributed by atoms with Gasteiger partial charge in [-0.15, -0.1) is 0 Å². The van der Waals surface area contributed by atoms with Gasteiger partial charge < -0.3 is 29.7 Å². The number of cyclic esters (lactones) is 1. The number of benzene rings is 2. The predicted octanol–water partition coefficient (Wildman–Crippen LogP) is 4.23. The fraction of sp³-hybridized carbons (Fsp3) is 0.474. The minimum Gasteiger partial charge on any atom is -0.455 e. The third kappa shape index (κ3) is 6.98. The number of ether oxygens (including phenoxy) is 2. The lowest BCUT2D eigenvalue weighted by Crippen LogP contribution is -2.59. The van der Waals surface area contributed by atoms with Gasteiger partial charge in [-0.05, 0) is 36.5 Å². The summed E-state index contributed by atoms with van der Waals surface area (Å²) in [4.78, 5) is 60.1. The van der Waals surface area contributed by atoms with Gasteiger partial charge in [0.05, 0.1) is 25.1 Å². The van der Waals surface area contributed by atoms with E-state index in [9.17, 15) is 24.3 Å². The Labute approximate surface area is 295 Å². The molecule has 2 aromatic carbocycles. The zero-order valence-electron chi connectivity index (χ0n) is 27.7. The Balaban J connectivity index is 1.44. The van der Waals surface area contributed by atoms with Crippen LogP contribution in [-0.2, 0) is 35.1 Å². The van der Waals surface area contributed by atoms with Gasteiger partial charge in [-0.2, -0.15) is 0 Å². The average Bonchev–Trinajstić information content (AvgIpc) is 3.71. The van der Waals surface area contributed by atoms with Crippen LogP contribution in [0.3, 0.4) is 0 Å². The molecule has 4 aliphatic heterocycles. The molecule has 10 nitrogen and oxygen atoms in total. The molecule has 6 rings (SSSR count). The summed E-state index contributed by atoms with van der Waals surface area (Å²) < 4.78 is 13.4. The Bertz CT molecular complexity index is 1580. The molecular weight excluding hydrogens is 690 g/mol. The number of carbonyl (C=O) groups excluding carboxylic acids is 4. The normalized spacial score (nSPS) is 30.1. The maximum Gasteiger partial charge on any atom is 0.313 e. The van der Waals surface area contributed by atoms with Crippen molar-refractivity contribution in [2.45, 2.75) is 75.3 Å². The molecule has 0 unspecified atom stereocenters. The SMILES string of the molecule is CCCCCN1C/C=C\CCC(=O)NC[C@@H](c2ccccc2)OC(=O)[C@@H]2[C@H]3O[C@@]4(C=C3Br)[C@H](C1=O)N([C@@H](CO)Cc1ccccc1)C(=O)[C@@H]24. The molecule has 5 bridgehead atoms. The second-order valence-electron chi connectivity index (χ2n) is 13.2. The van der Waals surface area contributed by atoms with Crippen LogP contribution in [-0.4, -0.2) is 88.6 Å². The third-order valence-corrected chi connectivity index (χ3v) is 10.8. The number of aliphatic hydroxyl groups excluding tert-OH is 1. The van der Waals surface area contributed by atoms with Gasteiger partial charge >= 0.3 is 5.97 Å². The number of esters is 1. The maximum atomic E-state index is 14.9. The summed E-state index contributed by atoms with van der Waals surface area (Å²) in [6.07, 6.45) is 7.57. The highest BCUT2D eigenvalue weighted by molar-refractivity contribution is 9.11. The molecule has 0 aromatic heterocycles. The van der Waals surface area contributed by atoms with Crippen LogP contribution >= 0.6 is 15.9 Å². The topological polar surface area (TPSA) is 125 Å². The van der Waals surface area contributed by atoms with Gasteiger partial charge in [-0.1, -0.05) is 109 Å². The Kier molecular flexibility index (Phi) is 11.0. The number of hydrogen-bond acceptors (Lipinski definition) is 7. The molecule has 2 saturated heterocycles. The second kappa shape index (κ2) is 15.4. The molecule has 7 atom stereocenters. The van der Waals surface area contributed by atoms with E-state index < -0.39 is 53.6 Å². The van der Waals surface area contributed by atoms with Gasteiger partial charge in [-0.25, -0.2) is 0 Å². The van der Waals surface area contributed by atoms with Crippen molar-refractivity contribution in [2.24, 2.45) is 11.8 Å². The number of nitrogens with zero attached hydrogens (tertiary/aromatic N) is 2. The van der Waals surface area contributed by atoms with Gasteiger partial charge in [0.25, 0.3) is 0 Å². The third-order valence-electron chi connectivity index (χ3n) is 10.1. The van der Waals surface area contributed by atoms with Crippen molar-refractivity contribution in [2.75, 3.05) is 26.2 Å². The lowest BCUT2D eigenvalue weighted by Gasteiger charge is -2.39. The maximum absolute atomic E-state index is 14.9. The molecule has 4 aliphatic rings. The Hall–Kier alpha value is -3.80. The zero-order valence-corrected chi connectivity index (χ0v) is 29.3. The van der Waals surface area contributed by atoms with Gasteiger partial charge in [-0.3, -0.25) is 19.2 Å². The van der Waals surface area contributed by atoms with Crippen LogP contribution < -0.4 is 5.32 Å². The van der Waals surface area contributed by atoms with E-state index in [-0.39, 0.29) is 37.9 Å². The van der Waals surface area contributed by atoms with Gasteiger partial charge in [0.1, 0.15) is 29.8 Å². The molecule has 0 saturated carbocycles. The van der Waals surface area contributed by atoms with Crippen LogP contribution in [0.1, 0.15) is 56.3 Å². The molecule has 2 N–H and O–H groups in total. The Morgan fingerprint density at radius 3 is 2.45 bits per heavy atom. The molecule has 0 aliphatic carbocycles. The summed E-state index contributed by atoms with van der Waals surface area (Å²) in [6, 6.07) is 16.8. The molecule has 2 fully saturated rings. The van der Waals surface area contributed by atoms with Gasteiger partial charge in [0.2, 0.25) is 17.7 Å². The number of allylic oxidation sites excluding steroid dienone is 1. The van der Waals surface area contributed by atoms with E-state index in [4.69, 9.17) is 9.47 Å². The molecule has 4 heterocycles. The van der Waals surface area contributed by atoms with E-state index in [1.54, 1.807) is 11.0 Å². The van der Waals surface area contributed by atoms with Crippen LogP contribution in [0.4, 0.5) is 0 Å². The molecular formula is C38H44BrN3O7. The van der Waals surface area contributed by atoms with Crippen molar-refractivity contribution in [3.8, 4) is 0 Å². The monoisotopic (exact) mass is 733 g/mol. The van der Waals surface area contributed by atoms with Gasteiger partial charge in [0, 0.05) is 24.0 Å². The number of likely N-dealkylation sites (tertiary alicyclic amines) is 1. The van der Waals surface area contributed by atoms with Crippen LogP contribution in [0, 0.1) is 11.8 Å². The minimum absolute atomic E-state index is 0.0550. The summed E-state index contributed by atoms with van der Waals surface area (Å²) in [5.41, 5.74) is 0.140. The largest absolute Gasteiger partial charge is 0.455 e. The number of amides is 3. The second-order valence-corrected chi connectivity index (χ2v) is 14.2. The first-order valence-electron chi connectivity index (χ1n) is 17.3. The number of nitrogens with one attached hydrogen (secondary N) is 1. The van der Waals surface area contributed by atoms with Crippen molar-refractivity contribution in [3.63, 3.8) is 0 Å². The van der Waals surface area contributed by atoms with Gasteiger partial charge in [0.15, 0.2) is 0 Å². The van der Waals surface area contributed by atoms with Crippen LogP contribution in [0.2, 0.25) is 0 Å². The smallest absolute Gasteiger partial charge is 0.313 e. The summed E-state index contributed by atoms with van der Waals surface area (Å²) >= 11 is 3.62. The number of rotatable bonds is 9. The molecule has 2 aromatic rings. The molecule has 49 heavy (non-hydrogen) atoms. The van der Waals surface area contributed by atoms with E-state index in [0.717, 1.165) is 24.8 Å². The average molecular weight is 735 g/mol. The number of halogens is 1. The van der Waals surface area contributed by atoms with Crippen LogP contribution in [0.25, 0.3) is 0 Å². The number of fused-ring (bicyclic) bond motifs is 2. The van der Waals surface area contributed by atoms with Crippen LogP contribution in [0.15, 0.2) is 83.4 Å². The van der Waals surface area contributed by atoms with Crippen molar-refractivity contribution >= 4 is 39.6 Å². The van der Waals surface area contributed by atoms with E-state index >= 15 is 0 Å². The van der Waals surface area contributed by atoms with E-state index in [1.807, 2.05) is 72.8 Å². The van der Waals surface area contributed by atoms with E-state index in [2.05, 4.69) is 28.2 Å². The van der Waals surface area contributed by atoms with E-state index in [0.29, 0.717) is 29.4 Å². The lowest BCUT2D eigenvalue weighted by atomic mass is 9.74. The van der Waals surface area contributed by atoms with Crippen molar-refractivity contribution in [1.29, 1.82) is 0 Å². The molecule has 260 valence electrons. The summed E-state index contributed by atoms with van der Waals surface area (Å²) in [7, 11) is 0. The lowest BCUT2D eigenvalue weighted by molar-refractivity contribution is -0.160. The Morgan fingerprint density at radius 1 is 1.00 bits per heavy atom. The van der Waals surface area contributed by atoms with Crippen molar-refractivity contribution < 1.29 is 33.8 Å². The minimum atomic E-state index is -1.46. The molecule has 3 amide bonds. The zero-order chi connectivity index (χ0) is 34.5. The molecule has 0 radical (unpaired) electrons. The number of carbonyl (C=O) groups is 4. The number of unbranched alkanes of at least 4 members (excludes halogenated alkanes) is 2. The summed E-state index contributed by atoms with van der Waals surface area (Å²) in [5.74, 6) is -3.69. The standard InChI is InChI=1S/C38H44BrN3O7/c1-2-3-12-19-41-20-13-6-11-18-30(44)40-23-29(26-16-9-5-10-17-26)48-37(47)31-32-35(45)42(27(24-43)21-25-14-7-4-8-15-25)34(36(41)46)38(32)22-28(39)33(31)49-38/h4-10,13-17,22,27,29,31-34,43H,2-3,11-12,18-21,23-24H2,1H3,(H,40,44)/b13-6-/t27-,29+,31+,32-,33+,34+,38-/m1/s1. The van der Waals surface area contributed by atoms with E-state index in [1.165, 1.54) is 4.90 Å². The highest BCUT2D eigenvalue weighted by Gasteiger charge is 2.75.